The van der Waals surface area contributed by atoms with Crippen molar-refractivity contribution in [2.24, 2.45) is 0 Å². The summed E-state index contributed by atoms with van der Waals surface area (Å²) in [6.07, 6.45) is -1.98. The number of carbonyl (C=O) groups is 1. The molecule has 50 heavy (non-hydrogen) atoms. The zero-order valence-electron chi connectivity index (χ0n) is 27.3. The molecule has 6 N–H and O–H groups in total. The fourth-order valence-electron chi connectivity index (χ4n) is 5.96. The van der Waals surface area contributed by atoms with Gasteiger partial charge in [-0.2, -0.15) is 0 Å². The highest BCUT2D eigenvalue weighted by atomic mass is 16.5. The number of H-pyrrole nitrogens is 1. The van der Waals surface area contributed by atoms with Gasteiger partial charge in [0.1, 0.15) is 23.9 Å². The van der Waals surface area contributed by atoms with Gasteiger partial charge in [-0.3, -0.25) is 4.79 Å². The fraction of sp³-hybridized carbons (Fsp3) is 0.150. The van der Waals surface area contributed by atoms with Crippen LogP contribution in [0, 0.1) is 0 Å². The summed E-state index contributed by atoms with van der Waals surface area (Å²) < 4.78 is 11.8. The maximum Gasteiger partial charge on any atom is 0.405 e. The van der Waals surface area contributed by atoms with E-state index >= 15 is 0 Å². The van der Waals surface area contributed by atoms with Crippen molar-refractivity contribution in [1.29, 1.82) is 0 Å². The molecule has 0 saturated heterocycles. The van der Waals surface area contributed by atoms with E-state index in [4.69, 9.17) is 9.47 Å². The van der Waals surface area contributed by atoms with Crippen LogP contribution in [-0.4, -0.2) is 40.1 Å². The Morgan fingerprint density at radius 2 is 1.60 bits per heavy atom. The van der Waals surface area contributed by atoms with Gasteiger partial charge >= 0.3 is 6.09 Å². The van der Waals surface area contributed by atoms with Crippen molar-refractivity contribution in [2.45, 2.75) is 25.3 Å². The van der Waals surface area contributed by atoms with Gasteiger partial charge in [-0.25, -0.2) is 4.79 Å². The largest absolute Gasteiger partial charge is 0.506 e. The summed E-state index contributed by atoms with van der Waals surface area (Å²) >= 11 is 0. The summed E-state index contributed by atoms with van der Waals surface area (Å²) in [7, 11) is 1.63. The van der Waals surface area contributed by atoms with Crippen molar-refractivity contribution in [3.8, 4) is 28.4 Å². The van der Waals surface area contributed by atoms with E-state index in [-0.39, 0.29) is 17.9 Å². The first kappa shape index (κ1) is 33.8. The molecule has 0 radical (unpaired) electrons. The molecule has 1 aromatic heterocycles. The number of phenolic OH excluding ortho intramolecular Hbond substituents is 1. The monoisotopic (exact) mass is 671 g/mol. The molecule has 10 nitrogen and oxygen atoms in total. The first-order valence-electron chi connectivity index (χ1n) is 16.1. The molecule has 0 aliphatic heterocycles. The molecule has 5 aromatic carbocycles. The quantitative estimate of drug-likeness (QED) is 0.0797. The molecule has 1 amide bonds. The smallest absolute Gasteiger partial charge is 0.405 e. The molecule has 0 saturated carbocycles. The summed E-state index contributed by atoms with van der Waals surface area (Å²) in [6, 6.07) is 36.3. The van der Waals surface area contributed by atoms with Gasteiger partial charge in [-0.15, -0.1) is 0 Å². The van der Waals surface area contributed by atoms with Gasteiger partial charge in [0, 0.05) is 30.1 Å². The Hall–Kier alpha value is -6.10. The lowest BCUT2D eigenvalue weighted by molar-refractivity contribution is 0.176. The van der Waals surface area contributed by atoms with Crippen LogP contribution in [0.25, 0.3) is 22.0 Å². The summed E-state index contributed by atoms with van der Waals surface area (Å²) in [5, 5.41) is 37.0. The lowest BCUT2D eigenvalue weighted by atomic mass is 9.98. The number of rotatable bonds is 13. The Morgan fingerprint density at radius 1 is 0.840 bits per heavy atom. The number of ether oxygens (including phenoxy) is 2. The summed E-state index contributed by atoms with van der Waals surface area (Å²) in [6.45, 7) is 1.06. The average Bonchev–Trinajstić information content (AvgIpc) is 3.14. The molecule has 2 atom stereocenters. The predicted octanol–water partition coefficient (Wildman–Crippen LogP) is 6.67. The van der Waals surface area contributed by atoms with Crippen molar-refractivity contribution >= 4 is 17.0 Å². The number of phenols is 1. The van der Waals surface area contributed by atoms with E-state index in [1.54, 1.807) is 19.2 Å². The lowest BCUT2D eigenvalue weighted by Crippen LogP contribution is -2.27. The van der Waals surface area contributed by atoms with Gasteiger partial charge in [-0.1, -0.05) is 78.9 Å². The Bertz CT molecular complexity index is 2150. The second-order valence-electron chi connectivity index (χ2n) is 11.8. The second-order valence-corrected chi connectivity index (χ2v) is 11.8. The molecule has 0 spiro atoms. The first-order valence-corrected chi connectivity index (χ1v) is 16.1. The van der Waals surface area contributed by atoms with Crippen LogP contribution in [0.5, 0.6) is 17.2 Å². The molecule has 10 heteroatoms. The van der Waals surface area contributed by atoms with Crippen LogP contribution in [0.15, 0.2) is 126 Å². The zero-order valence-corrected chi connectivity index (χ0v) is 27.3. The van der Waals surface area contributed by atoms with E-state index in [9.17, 15) is 24.9 Å². The van der Waals surface area contributed by atoms with Gasteiger partial charge in [0.25, 0.3) is 0 Å². The lowest BCUT2D eigenvalue weighted by Gasteiger charge is -2.19. The Morgan fingerprint density at radius 3 is 2.36 bits per heavy atom. The summed E-state index contributed by atoms with van der Waals surface area (Å²) in [4.78, 5) is 25.9. The van der Waals surface area contributed by atoms with Gasteiger partial charge in [-0.05, 0) is 69.8 Å². The minimum absolute atomic E-state index is 0.0531. The van der Waals surface area contributed by atoms with Crippen LogP contribution in [-0.2, 0) is 13.2 Å². The Balaban J connectivity index is 1.10. The van der Waals surface area contributed by atoms with Crippen molar-refractivity contribution in [3.63, 3.8) is 0 Å². The summed E-state index contributed by atoms with van der Waals surface area (Å²) in [5.74, 6) is 1.30. The standard InChI is InChI=1S/C40H37N3O7/c1-49-36-18-12-26(22-41-23-35(45)31-15-17-34(44)39-32(31)16-19-37(46)42-39)20-33(36)27-13-10-25(11-14-27)24-50-30-9-5-8-29(21-30)38(43-40(47)48)28-6-3-2-4-7-28/h2-21,35,38,41,43-45H,22-24H2,1H3,(H,42,46)(H,47,48). The van der Waals surface area contributed by atoms with Crippen LogP contribution in [0.1, 0.15) is 40.0 Å². The van der Waals surface area contributed by atoms with Gasteiger partial charge < -0.3 is 40.4 Å². The normalized spacial score (nSPS) is 12.3. The van der Waals surface area contributed by atoms with Gasteiger partial charge in [0.05, 0.1) is 24.8 Å². The molecular weight excluding hydrogens is 634 g/mol. The first-order chi connectivity index (χ1) is 24.3. The molecule has 0 bridgehead atoms. The minimum Gasteiger partial charge on any atom is -0.506 e. The number of aliphatic hydroxyl groups excluding tert-OH is 1. The minimum atomic E-state index is -1.11. The number of hydrogen-bond donors (Lipinski definition) is 6. The van der Waals surface area contributed by atoms with Crippen LogP contribution >= 0.6 is 0 Å². The van der Waals surface area contributed by atoms with Crippen LogP contribution in [0.3, 0.4) is 0 Å². The third-order valence-corrected chi connectivity index (χ3v) is 8.46. The van der Waals surface area contributed by atoms with Crippen molar-refractivity contribution < 1.29 is 29.6 Å². The van der Waals surface area contributed by atoms with E-state index in [1.807, 2.05) is 97.1 Å². The SMILES string of the molecule is COc1ccc(CNCC(O)c2ccc(O)c3[nH]c(=O)ccc23)cc1-c1ccc(COc2cccc(C(NC(=O)O)c3ccccc3)c2)cc1. The third kappa shape index (κ3) is 7.95. The maximum absolute atomic E-state index is 11.7. The van der Waals surface area contributed by atoms with E-state index in [0.29, 0.717) is 35.4 Å². The molecule has 0 fully saturated rings. The highest BCUT2D eigenvalue weighted by Crippen LogP contribution is 2.32. The molecule has 1 heterocycles. The van der Waals surface area contributed by atoms with Crippen molar-refractivity contribution in [3.05, 3.63) is 159 Å². The number of aromatic hydroxyl groups is 1. The second kappa shape index (κ2) is 15.4. The molecule has 0 aliphatic carbocycles. The average molecular weight is 672 g/mol. The molecule has 0 aliphatic rings. The van der Waals surface area contributed by atoms with Crippen molar-refractivity contribution in [2.75, 3.05) is 13.7 Å². The predicted molar refractivity (Wildman–Crippen MR) is 192 cm³/mol. The summed E-state index contributed by atoms with van der Waals surface area (Å²) in [5.41, 5.74) is 5.99. The molecular formula is C40H37N3O7. The molecule has 2 unspecified atom stereocenters. The number of fused-ring (bicyclic) bond motifs is 1. The Labute approximate surface area is 288 Å². The number of aliphatic hydroxyl groups is 1. The number of hydrogen-bond acceptors (Lipinski definition) is 7. The highest BCUT2D eigenvalue weighted by molar-refractivity contribution is 5.87. The van der Waals surface area contributed by atoms with Crippen LogP contribution < -0.4 is 25.7 Å². The zero-order chi connectivity index (χ0) is 35.0. The number of aromatic amines is 1. The molecule has 6 rings (SSSR count). The fourth-order valence-corrected chi connectivity index (χ4v) is 5.96. The number of amides is 1. The van der Waals surface area contributed by atoms with E-state index in [2.05, 4.69) is 15.6 Å². The number of aromatic nitrogens is 1. The van der Waals surface area contributed by atoms with E-state index in [1.165, 1.54) is 12.1 Å². The Kier molecular flexibility index (Phi) is 10.4. The van der Waals surface area contributed by atoms with Crippen LogP contribution in [0.4, 0.5) is 4.79 Å². The number of carboxylic acid groups (broad SMARTS) is 1. The van der Waals surface area contributed by atoms with Crippen LogP contribution in [0.2, 0.25) is 0 Å². The number of benzene rings is 5. The number of methoxy groups -OCH3 is 1. The van der Waals surface area contributed by atoms with E-state index < -0.39 is 18.2 Å². The highest BCUT2D eigenvalue weighted by Gasteiger charge is 2.18. The van der Waals surface area contributed by atoms with E-state index in [0.717, 1.165) is 39.1 Å². The number of pyridine rings is 1. The maximum atomic E-state index is 11.7. The molecule has 254 valence electrons. The van der Waals surface area contributed by atoms with Gasteiger partial charge in [0.15, 0.2) is 0 Å². The third-order valence-electron chi connectivity index (χ3n) is 8.46. The molecule has 6 aromatic rings. The number of nitrogens with one attached hydrogen (secondary N) is 3. The van der Waals surface area contributed by atoms with Gasteiger partial charge in [0.2, 0.25) is 5.56 Å². The van der Waals surface area contributed by atoms with Crippen molar-refractivity contribution in [1.82, 2.24) is 15.6 Å². The topological polar surface area (TPSA) is 153 Å².